The highest BCUT2D eigenvalue weighted by atomic mass is 19.1. The monoisotopic (exact) mass is 390 g/mol. The molecule has 0 aliphatic carbocycles. The van der Waals surface area contributed by atoms with Gasteiger partial charge < -0.3 is 20.9 Å². The van der Waals surface area contributed by atoms with Crippen molar-refractivity contribution in [2.75, 3.05) is 18.9 Å². The Morgan fingerprint density at radius 1 is 1.33 bits per heavy atom. The van der Waals surface area contributed by atoms with Crippen LogP contribution in [0, 0.1) is 5.82 Å². The van der Waals surface area contributed by atoms with E-state index in [1.807, 2.05) is 27.7 Å². The van der Waals surface area contributed by atoms with Crippen molar-refractivity contribution in [1.82, 2.24) is 9.55 Å². The molecule has 0 amide bonds. The molecule has 2 atom stereocenters. The van der Waals surface area contributed by atoms with Crippen molar-refractivity contribution in [3.63, 3.8) is 0 Å². The van der Waals surface area contributed by atoms with E-state index in [1.54, 1.807) is 0 Å². The molecule has 1 aromatic rings. The van der Waals surface area contributed by atoms with Crippen LogP contribution in [0.4, 0.5) is 10.2 Å². The molecule has 9 heteroatoms. The maximum atomic E-state index is 13.3. The molecular weight excluding hydrogens is 355 g/mol. The number of nitrogen functional groups attached to an aromatic ring is 1. The molecular formula is C18H35FN4O4. The van der Waals surface area contributed by atoms with Crippen molar-refractivity contribution >= 4 is 11.8 Å². The summed E-state index contributed by atoms with van der Waals surface area (Å²) in [4.78, 5) is 25.9. The van der Waals surface area contributed by atoms with Gasteiger partial charge in [0, 0.05) is 0 Å². The van der Waals surface area contributed by atoms with E-state index in [0.717, 1.165) is 10.8 Å². The van der Waals surface area contributed by atoms with Crippen LogP contribution in [-0.2, 0) is 14.3 Å². The Labute approximate surface area is 161 Å². The first-order valence-corrected chi connectivity index (χ1v) is 9.48. The van der Waals surface area contributed by atoms with Crippen molar-refractivity contribution in [2.24, 2.45) is 5.73 Å². The third kappa shape index (κ3) is 10.0. The third-order valence-electron chi connectivity index (χ3n) is 2.93. The largest absolute Gasteiger partial charge is 0.462 e. The van der Waals surface area contributed by atoms with Gasteiger partial charge in [-0.1, -0.05) is 48.0 Å². The average Bonchev–Trinajstić information content (AvgIpc) is 3.15. The van der Waals surface area contributed by atoms with E-state index in [2.05, 4.69) is 18.8 Å². The van der Waals surface area contributed by atoms with Crippen molar-refractivity contribution in [1.29, 1.82) is 0 Å². The molecule has 2 unspecified atom stereocenters. The molecule has 8 nitrogen and oxygen atoms in total. The van der Waals surface area contributed by atoms with E-state index in [9.17, 15) is 14.0 Å². The number of halogens is 1. The van der Waals surface area contributed by atoms with E-state index in [4.69, 9.17) is 20.9 Å². The summed E-state index contributed by atoms with van der Waals surface area (Å²) in [5.41, 5.74) is 9.62. The highest BCUT2D eigenvalue weighted by molar-refractivity contribution is 5.71. The number of carbonyl (C=O) groups excluding carboxylic acids is 1. The van der Waals surface area contributed by atoms with E-state index in [0.29, 0.717) is 12.8 Å². The SMILES string of the molecule is CC.CC.CCC.NCC(=O)OCC1CCC(n2cc(F)c(N)nc2=O)O1. The minimum atomic E-state index is -0.786. The van der Waals surface area contributed by atoms with Crippen molar-refractivity contribution in [2.45, 2.75) is 73.1 Å². The van der Waals surface area contributed by atoms with Crippen molar-refractivity contribution in [3.05, 3.63) is 22.5 Å². The standard InChI is InChI=1S/C11H15FN4O4.C3H8.2C2H6/c12-7-4-16(11(18)15-10(7)14)8-2-1-6(20-8)5-19-9(17)3-13;1-3-2;2*1-2/h4,6,8H,1-3,5,13H2,(H2,14,15,18);3H2,1-2H3;2*1-2H3. The molecule has 2 heterocycles. The van der Waals surface area contributed by atoms with Crippen LogP contribution in [-0.4, -0.2) is 34.8 Å². The van der Waals surface area contributed by atoms with Gasteiger partial charge in [-0.2, -0.15) is 4.98 Å². The number of nitrogens with two attached hydrogens (primary N) is 2. The number of nitrogens with zero attached hydrogens (tertiary/aromatic N) is 2. The average molecular weight is 391 g/mol. The smallest absolute Gasteiger partial charge is 0.351 e. The second-order valence-corrected chi connectivity index (χ2v) is 5.05. The summed E-state index contributed by atoms with van der Waals surface area (Å²) < 4.78 is 24.7. The lowest BCUT2D eigenvalue weighted by Crippen LogP contribution is -2.29. The number of anilines is 1. The van der Waals surface area contributed by atoms with E-state index < -0.39 is 29.5 Å². The molecule has 1 fully saturated rings. The fourth-order valence-electron chi connectivity index (χ4n) is 1.92. The van der Waals surface area contributed by atoms with Crippen LogP contribution in [0.1, 0.15) is 67.0 Å². The summed E-state index contributed by atoms with van der Waals surface area (Å²) in [6.07, 6.45) is 2.26. The van der Waals surface area contributed by atoms with Gasteiger partial charge in [0.15, 0.2) is 11.6 Å². The molecule has 27 heavy (non-hydrogen) atoms. The highest BCUT2D eigenvalue weighted by Gasteiger charge is 2.28. The van der Waals surface area contributed by atoms with Crippen LogP contribution in [0.25, 0.3) is 0 Å². The second kappa shape index (κ2) is 16.2. The second-order valence-electron chi connectivity index (χ2n) is 5.05. The zero-order valence-corrected chi connectivity index (χ0v) is 17.3. The molecule has 1 aliphatic rings. The Kier molecular flexibility index (Phi) is 16.3. The summed E-state index contributed by atoms with van der Waals surface area (Å²) in [6, 6.07) is 0. The van der Waals surface area contributed by atoms with Crippen LogP contribution in [0.3, 0.4) is 0 Å². The first kappa shape index (κ1) is 27.2. The predicted octanol–water partition coefficient (Wildman–Crippen LogP) is 2.61. The molecule has 0 aromatic carbocycles. The van der Waals surface area contributed by atoms with Crippen molar-refractivity contribution in [3.8, 4) is 0 Å². The number of hydrogen-bond donors (Lipinski definition) is 2. The molecule has 2 rings (SSSR count). The summed E-state index contributed by atoms with van der Waals surface area (Å²) in [6.45, 7) is 12.1. The van der Waals surface area contributed by atoms with Gasteiger partial charge in [0.2, 0.25) is 0 Å². The number of hydrogen-bond acceptors (Lipinski definition) is 7. The minimum Gasteiger partial charge on any atom is -0.462 e. The van der Waals surface area contributed by atoms with Gasteiger partial charge in [-0.25, -0.2) is 9.18 Å². The number of carbonyl (C=O) groups is 1. The molecule has 0 saturated carbocycles. The molecule has 0 radical (unpaired) electrons. The molecule has 4 N–H and O–H groups in total. The van der Waals surface area contributed by atoms with Crippen LogP contribution in [0.15, 0.2) is 11.0 Å². The lowest BCUT2D eigenvalue weighted by molar-refractivity contribution is -0.146. The summed E-state index contributed by atoms with van der Waals surface area (Å²) in [5, 5.41) is 0. The lowest BCUT2D eigenvalue weighted by Gasteiger charge is -2.15. The number of esters is 1. The van der Waals surface area contributed by atoms with Crippen LogP contribution < -0.4 is 17.2 Å². The topological polar surface area (TPSA) is 122 Å². The fraction of sp³-hybridized carbons (Fsp3) is 0.722. The molecule has 1 aliphatic heterocycles. The number of rotatable bonds is 4. The van der Waals surface area contributed by atoms with E-state index in [1.165, 1.54) is 6.42 Å². The Balaban J connectivity index is 0. The minimum absolute atomic E-state index is 0.0478. The fourth-order valence-corrected chi connectivity index (χ4v) is 1.92. The first-order chi connectivity index (χ1) is 12.9. The van der Waals surface area contributed by atoms with Crippen LogP contribution in [0.2, 0.25) is 0 Å². The normalized spacial score (nSPS) is 17.3. The Morgan fingerprint density at radius 2 is 1.89 bits per heavy atom. The van der Waals surface area contributed by atoms with Gasteiger partial charge in [0.05, 0.1) is 18.8 Å². The van der Waals surface area contributed by atoms with Gasteiger partial charge in [-0.3, -0.25) is 9.36 Å². The zero-order valence-electron chi connectivity index (χ0n) is 17.3. The number of aromatic nitrogens is 2. The molecule has 1 aromatic heterocycles. The highest BCUT2D eigenvalue weighted by Crippen LogP contribution is 2.27. The third-order valence-corrected chi connectivity index (χ3v) is 2.93. The predicted molar refractivity (Wildman–Crippen MR) is 105 cm³/mol. The number of ether oxygens (including phenoxy) is 2. The van der Waals surface area contributed by atoms with E-state index >= 15 is 0 Å². The van der Waals surface area contributed by atoms with Crippen LogP contribution in [0.5, 0.6) is 0 Å². The molecule has 0 spiro atoms. The molecule has 0 bridgehead atoms. The first-order valence-electron chi connectivity index (χ1n) is 9.48. The maximum absolute atomic E-state index is 13.3. The summed E-state index contributed by atoms with van der Waals surface area (Å²) >= 11 is 0. The summed E-state index contributed by atoms with van der Waals surface area (Å²) in [5.74, 6) is -1.77. The lowest BCUT2D eigenvalue weighted by atomic mass is 10.2. The van der Waals surface area contributed by atoms with Gasteiger partial charge in [0.25, 0.3) is 0 Å². The molecule has 1 saturated heterocycles. The zero-order chi connectivity index (χ0) is 21.4. The van der Waals surface area contributed by atoms with Crippen LogP contribution >= 0.6 is 0 Å². The van der Waals surface area contributed by atoms with Crippen molar-refractivity contribution < 1.29 is 18.7 Å². The van der Waals surface area contributed by atoms with Gasteiger partial charge in [-0.15, -0.1) is 0 Å². The maximum Gasteiger partial charge on any atom is 0.351 e. The van der Waals surface area contributed by atoms with Gasteiger partial charge >= 0.3 is 11.7 Å². The molecule has 158 valence electrons. The van der Waals surface area contributed by atoms with E-state index in [-0.39, 0.29) is 19.3 Å². The Bertz CT molecular complexity index is 581. The Hall–Kier alpha value is -2.00. The quantitative estimate of drug-likeness (QED) is 0.758. The van der Waals surface area contributed by atoms with Gasteiger partial charge in [0.1, 0.15) is 12.8 Å². The Morgan fingerprint density at radius 3 is 2.41 bits per heavy atom. The van der Waals surface area contributed by atoms with Gasteiger partial charge in [-0.05, 0) is 12.8 Å². The summed E-state index contributed by atoms with van der Waals surface area (Å²) in [7, 11) is 0.